The minimum Gasteiger partial charge on any atom is -0.326 e. The standard InChI is InChI=1S/C19H15BrN2O2S2/c20-14-6-8-15(9-7-14)21-17(23)10-11-22-18(24)16(26-19(22)25)12-13-4-2-1-3-5-13/h1-9,12H,10-11H2,(H,21,23)/b16-12+. The van der Waals surface area contributed by atoms with Crippen LogP contribution in [0.3, 0.4) is 0 Å². The van der Waals surface area contributed by atoms with Crippen molar-refractivity contribution in [2.75, 3.05) is 11.9 Å². The van der Waals surface area contributed by atoms with Gasteiger partial charge in [-0.05, 0) is 35.9 Å². The molecular weight excluding hydrogens is 432 g/mol. The summed E-state index contributed by atoms with van der Waals surface area (Å²) in [6, 6.07) is 16.9. The predicted molar refractivity (Wildman–Crippen MR) is 114 cm³/mol. The number of hydrogen-bond donors (Lipinski definition) is 1. The number of rotatable bonds is 5. The summed E-state index contributed by atoms with van der Waals surface area (Å²) in [7, 11) is 0. The van der Waals surface area contributed by atoms with E-state index in [0.29, 0.717) is 14.9 Å². The summed E-state index contributed by atoms with van der Waals surface area (Å²) < 4.78 is 1.42. The highest BCUT2D eigenvalue weighted by Crippen LogP contribution is 2.32. The molecule has 0 aromatic heterocycles. The lowest BCUT2D eigenvalue weighted by Crippen LogP contribution is -2.31. The number of hydrogen-bond acceptors (Lipinski definition) is 4. The fourth-order valence-corrected chi connectivity index (χ4v) is 3.94. The number of thioether (sulfide) groups is 1. The van der Waals surface area contributed by atoms with E-state index in [1.54, 1.807) is 0 Å². The van der Waals surface area contributed by atoms with Gasteiger partial charge in [-0.1, -0.05) is 70.2 Å². The van der Waals surface area contributed by atoms with Gasteiger partial charge in [-0.15, -0.1) is 0 Å². The molecule has 0 saturated carbocycles. The summed E-state index contributed by atoms with van der Waals surface area (Å²) in [5, 5.41) is 2.81. The molecule has 1 aliphatic rings. The third kappa shape index (κ3) is 4.81. The van der Waals surface area contributed by atoms with Gasteiger partial charge in [0, 0.05) is 23.1 Å². The first-order valence-electron chi connectivity index (χ1n) is 7.89. The third-order valence-corrected chi connectivity index (χ3v) is 5.57. The van der Waals surface area contributed by atoms with E-state index in [0.717, 1.165) is 10.0 Å². The van der Waals surface area contributed by atoms with Crippen LogP contribution >= 0.6 is 39.9 Å². The lowest BCUT2D eigenvalue weighted by atomic mass is 10.2. The van der Waals surface area contributed by atoms with Crippen LogP contribution < -0.4 is 5.32 Å². The highest BCUT2D eigenvalue weighted by molar-refractivity contribution is 9.10. The van der Waals surface area contributed by atoms with Gasteiger partial charge in [0.25, 0.3) is 5.91 Å². The minimum atomic E-state index is -0.159. The molecule has 1 N–H and O–H groups in total. The molecule has 2 amide bonds. The van der Waals surface area contributed by atoms with Crippen molar-refractivity contribution in [1.82, 2.24) is 4.90 Å². The van der Waals surface area contributed by atoms with E-state index in [1.165, 1.54) is 16.7 Å². The molecule has 0 atom stereocenters. The molecule has 4 nitrogen and oxygen atoms in total. The molecule has 0 spiro atoms. The maximum atomic E-state index is 12.5. The zero-order valence-electron chi connectivity index (χ0n) is 13.6. The Hall–Kier alpha value is -1.96. The highest BCUT2D eigenvalue weighted by atomic mass is 79.9. The van der Waals surface area contributed by atoms with Crippen LogP contribution in [0.15, 0.2) is 64.0 Å². The maximum absolute atomic E-state index is 12.5. The van der Waals surface area contributed by atoms with Crippen molar-refractivity contribution in [3.63, 3.8) is 0 Å². The first-order chi connectivity index (χ1) is 12.5. The van der Waals surface area contributed by atoms with Crippen LogP contribution in [0, 0.1) is 0 Å². The van der Waals surface area contributed by atoms with Crippen molar-refractivity contribution in [2.45, 2.75) is 6.42 Å². The summed E-state index contributed by atoms with van der Waals surface area (Å²) in [5.41, 5.74) is 1.66. The number of thiocarbonyl (C=S) groups is 1. The van der Waals surface area contributed by atoms with Crippen molar-refractivity contribution in [3.05, 3.63) is 69.5 Å². The van der Waals surface area contributed by atoms with Gasteiger partial charge in [-0.25, -0.2) is 0 Å². The zero-order valence-corrected chi connectivity index (χ0v) is 16.9. The smallest absolute Gasteiger partial charge is 0.266 e. The molecule has 132 valence electrons. The van der Waals surface area contributed by atoms with Crippen LogP contribution in [0.2, 0.25) is 0 Å². The molecular formula is C19H15BrN2O2S2. The Balaban J connectivity index is 1.58. The summed E-state index contributed by atoms with van der Waals surface area (Å²) in [6.07, 6.45) is 2.00. The molecule has 7 heteroatoms. The summed E-state index contributed by atoms with van der Waals surface area (Å²) in [6.45, 7) is 0.263. The van der Waals surface area contributed by atoms with Crippen molar-refractivity contribution >= 4 is 67.8 Å². The van der Waals surface area contributed by atoms with Crippen molar-refractivity contribution in [2.24, 2.45) is 0 Å². The molecule has 1 saturated heterocycles. The third-order valence-electron chi connectivity index (χ3n) is 3.66. The van der Waals surface area contributed by atoms with E-state index in [-0.39, 0.29) is 24.8 Å². The van der Waals surface area contributed by atoms with E-state index in [1.807, 2.05) is 60.7 Å². The Labute approximate surface area is 169 Å². The number of nitrogens with one attached hydrogen (secondary N) is 1. The summed E-state index contributed by atoms with van der Waals surface area (Å²) in [5.74, 6) is -0.311. The predicted octanol–water partition coefficient (Wildman–Crippen LogP) is 4.68. The molecule has 1 heterocycles. The number of anilines is 1. The average Bonchev–Trinajstić information content (AvgIpc) is 2.89. The molecule has 1 fully saturated rings. The van der Waals surface area contributed by atoms with E-state index in [4.69, 9.17) is 12.2 Å². The van der Waals surface area contributed by atoms with Crippen LogP contribution in [-0.4, -0.2) is 27.6 Å². The van der Waals surface area contributed by atoms with Crippen molar-refractivity contribution in [1.29, 1.82) is 0 Å². The summed E-state index contributed by atoms with van der Waals surface area (Å²) >= 11 is 9.91. The molecule has 26 heavy (non-hydrogen) atoms. The second-order valence-corrected chi connectivity index (χ2v) is 8.14. The van der Waals surface area contributed by atoms with Gasteiger partial charge in [0.2, 0.25) is 5.91 Å². The van der Waals surface area contributed by atoms with E-state index >= 15 is 0 Å². The zero-order chi connectivity index (χ0) is 18.5. The van der Waals surface area contributed by atoms with E-state index in [2.05, 4.69) is 21.2 Å². The van der Waals surface area contributed by atoms with E-state index < -0.39 is 0 Å². The van der Waals surface area contributed by atoms with Gasteiger partial charge in [-0.2, -0.15) is 0 Å². The van der Waals surface area contributed by atoms with Gasteiger partial charge < -0.3 is 5.32 Å². The highest BCUT2D eigenvalue weighted by Gasteiger charge is 2.32. The molecule has 2 aromatic rings. The quantitative estimate of drug-likeness (QED) is 0.534. The Bertz CT molecular complexity index is 867. The van der Waals surface area contributed by atoms with Gasteiger partial charge in [-0.3, -0.25) is 14.5 Å². The molecule has 1 aliphatic heterocycles. The number of carbonyl (C=O) groups excluding carboxylic acids is 2. The van der Waals surface area contributed by atoms with Gasteiger partial charge in [0.05, 0.1) is 4.91 Å². The van der Waals surface area contributed by atoms with Gasteiger partial charge in [0.1, 0.15) is 4.32 Å². The van der Waals surface area contributed by atoms with Crippen LogP contribution in [0.1, 0.15) is 12.0 Å². The number of carbonyl (C=O) groups is 2. The molecule has 0 unspecified atom stereocenters. The van der Waals surface area contributed by atoms with Gasteiger partial charge in [0.15, 0.2) is 0 Å². The Morgan fingerprint density at radius 1 is 1.15 bits per heavy atom. The molecule has 2 aromatic carbocycles. The average molecular weight is 447 g/mol. The normalized spacial score (nSPS) is 15.6. The fraction of sp³-hybridized carbons (Fsp3) is 0.105. The SMILES string of the molecule is O=C(CCN1C(=O)/C(=C\c2ccccc2)SC1=S)Nc1ccc(Br)cc1. The Kier molecular flexibility index (Phi) is 6.24. The van der Waals surface area contributed by atoms with Crippen molar-refractivity contribution < 1.29 is 9.59 Å². The van der Waals surface area contributed by atoms with Gasteiger partial charge >= 0.3 is 0 Å². The van der Waals surface area contributed by atoms with Crippen molar-refractivity contribution in [3.8, 4) is 0 Å². The number of benzene rings is 2. The molecule has 0 aliphatic carbocycles. The lowest BCUT2D eigenvalue weighted by Gasteiger charge is -2.14. The largest absolute Gasteiger partial charge is 0.326 e. The number of amides is 2. The molecule has 3 rings (SSSR count). The number of nitrogens with zero attached hydrogens (tertiary/aromatic N) is 1. The van der Waals surface area contributed by atoms with E-state index in [9.17, 15) is 9.59 Å². The molecule has 0 radical (unpaired) electrons. The second kappa shape index (κ2) is 8.62. The second-order valence-electron chi connectivity index (χ2n) is 5.55. The van der Waals surface area contributed by atoms with Crippen LogP contribution in [0.25, 0.3) is 6.08 Å². The Morgan fingerprint density at radius 3 is 2.54 bits per heavy atom. The van der Waals surface area contributed by atoms with Crippen LogP contribution in [0.5, 0.6) is 0 Å². The maximum Gasteiger partial charge on any atom is 0.266 e. The Morgan fingerprint density at radius 2 is 1.85 bits per heavy atom. The first-order valence-corrected chi connectivity index (χ1v) is 9.90. The first kappa shape index (κ1) is 18.8. The topological polar surface area (TPSA) is 49.4 Å². The summed E-state index contributed by atoms with van der Waals surface area (Å²) in [4.78, 5) is 26.7. The molecule has 0 bridgehead atoms. The van der Waals surface area contributed by atoms with Crippen LogP contribution in [-0.2, 0) is 9.59 Å². The van der Waals surface area contributed by atoms with Crippen LogP contribution in [0.4, 0.5) is 5.69 Å². The fourth-order valence-electron chi connectivity index (χ4n) is 2.36. The number of halogens is 1. The monoisotopic (exact) mass is 446 g/mol. The minimum absolute atomic E-state index is 0.153. The lowest BCUT2D eigenvalue weighted by molar-refractivity contribution is -0.122.